The molecule has 0 bridgehead atoms. The van der Waals surface area contributed by atoms with E-state index in [1.165, 1.54) is 6.33 Å². The van der Waals surface area contributed by atoms with E-state index in [0.717, 1.165) is 17.5 Å². The Bertz CT molecular complexity index is 1330. The molecule has 2 N–H and O–H groups in total. The van der Waals surface area contributed by atoms with Crippen LogP contribution in [0.4, 0.5) is 5.82 Å². The molecule has 0 spiro atoms. The largest absolute Gasteiger partial charge is 0.384 e. The van der Waals surface area contributed by atoms with E-state index in [1.807, 2.05) is 51.1 Å². The maximum absolute atomic E-state index is 13.8. The molecule has 0 radical (unpaired) electrons. The fourth-order valence-corrected chi connectivity index (χ4v) is 4.88. The molecule has 34 heavy (non-hydrogen) atoms. The van der Waals surface area contributed by atoms with Gasteiger partial charge in [0.2, 0.25) is 0 Å². The van der Waals surface area contributed by atoms with Crippen LogP contribution in [0.2, 0.25) is 5.02 Å². The van der Waals surface area contributed by atoms with Crippen LogP contribution in [0.5, 0.6) is 0 Å². The van der Waals surface area contributed by atoms with Gasteiger partial charge in [-0.3, -0.25) is 3.97 Å². The summed E-state index contributed by atoms with van der Waals surface area (Å²) < 4.78 is 15.4. The van der Waals surface area contributed by atoms with E-state index in [4.69, 9.17) is 17.3 Å². The number of benzene rings is 2. The number of hydrogen-bond donors (Lipinski definition) is 1. The van der Waals surface area contributed by atoms with Crippen molar-refractivity contribution in [2.45, 2.75) is 39.5 Å². The van der Waals surface area contributed by atoms with Crippen LogP contribution in [0, 0.1) is 11.3 Å². The van der Waals surface area contributed by atoms with Crippen molar-refractivity contribution in [3.8, 4) is 28.7 Å². The summed E-state index contributed by atoms with van der Waals surface area (Å²) in [5.74, 6) is 0.278. The van der Waals surface area contributed by atoms with Crippen LogP contribution >= 0.6 is 11.6 Å². The lowest BCUT2D eigenvalue weighted by atomic mass is 10.0. The molecule has 8 heteroatoms. The Balaban J connectivity index is 0.00000133. The van der Waals surface area contributed by atoms with Gasteiger partial charge in [-0.1, -0.05) is 64.1 Å². The highest BCUT2D eigenvalue weighted by Crippen LogP contribution is 2.37. The summed E-state index contributed by atoms with van der Waals surface area (Å²) in [5, 5.41) is 10.5. The van der Waals surface area contributed by atoms with Crippen LogP contribution in [0.3, 0.4) is 0 Å². The van der Waals surface area contributed by atoms with Gasteiger partial charge < -0.3 is 5.73 Å². The smallest absolute Gasteiger partial charge is 0.157 e. The average molecular weight is 494 g/mol. The molecule has 6 nitrogen and oxygen atoms in total. The standard InChI is InChI=1S/C23H18ClN5OS.C2H6.CH4/c1-2-15-8-9-17(24)11-19(15)23-16(13-25)10-21(20-12-22(26)28-14-27-20)29(23)31(30)18-6-4-3-5-7-18;1-2;/h3-12,14H,2H2,1H3,(H2,26,27,28);1-2H3;1H4. The van der Waals surface area contributed by atoms with Crippen LogP contribution < -0.4 is 5.73 Å². The Morgan fingerprint density at radius 1 is 1.09 bits per heavy atom. The number of nitrogen functional groups attached to an aromatic ring is 1. The predicted molar refractivity (Wildman–Crippen MR) is 141 cm³/mol. The fourth-order valence-electron chi connectivity index (χ4n) is 3.42. The van der Waals surface area contributed by atoms with E-state index in [1.54, 1.807) is 34.3 Å². The van der Waals surface area contributed by atoms with E-state index in [2.05, 4.69) is 16.0 Å². The molecule has 0 aliphatic rings. The SMILES string of the molecule is C.CC.CCc1ccc(Cl)cc1-c1c(C#N)cc(-c2cc(N)ncn2)n1S(=O)c1ccccc1. The zero-order valence-electron chi connectivity index (χ0n) is 18.6. The average Bonchev–Trinajstić information content (AvgIpc) is 3.25. The van der Waals surface area contributed by atoms with E-state index < -0.39 is 11.0 Å². The molecule has 2 heterocycles. The number of halogens is 1. The van der Waals surface area contributed by atoms with Crippen molar-refractivity contribution in [1.29, 1.82) is 5.26 Å². The molecule has 1 atom stereocenters. The summed E-state index contributed by atoms with van der Waals surface area (Å²) in [4.78, 5) is 8.84. The number of nitriles is 1. The van der Waals surface area contributed by atoms with Gasteiger partial charge in [0.05, 0.1) is 27.5 Å². The number of aromatic nitrogens is 3. The number of hydrogen-bond acceptors (Lipinski definition) is 5. The molecule has 4 rings (SSSR count). The summed E-state index contributed by atoms with van der Waals surface area (Å²) in [5.41, 5.74) is 9.48. The van der Waals surface area contributed by atoms with Gasteiger partial charge in [0.1, 0.15) is 18.2 Å². The first kappa shape index (κ1) is 26.8. The van der Waals surface area contributed by atoms with Crippen molar-refractivity contribution < 1.29 is 4.21 Å². The minimum absolute atomic E-state index is 0. The van der Waals surface area contributed by atoms with Gasteiger partial charge in [0.15, 0.2) is 11.0 Å². The molecule has 0 aliphatic heterocycles. The summed E-state index contributed by atoms with van der Waals surface area (Å²) >= 11 is 6.31. The highest BCUT2D eigenvalue weighted by molar-refractivity contribution is 7.83. The molecule has 2 aromatic carbocycles. The van der Waals surface area contributed by atoms with Crippen molar-refractivity contribution in [3.05, 3.63) is 83.1 Å². The molecule has 0 amide bonds. The van der Waals surface area contributed by atoms with Crippen molar-refractivity contribution in [3.63, 3.8) is 0 Å². The first-order chi connectivity index (χ1) is 16.0. The molecule has 4 aromatic rings. The van der Waals surface area contributed by atoms with Crippen LogP contribution in [-0.2, 0) is 17.4 Å². The molecule has 2 aromatic heterocycles. The van der Waals surface area contributed by atoms with Crippen molar-refractivity contribution in [2.24, 2.45) is 0 Å². The highest BCUT2D eigenvalue weighted by Gasteiger charge is 2.25. The van der Waals surface area contributed by atoms with Gasteiger partial charge in [-0.2, -0.15) is 5.26 Å². The molecule has 0 aliphatic carbocycles. The number of anilines is 1. The van der Waals surface area contributed by atoms with Gasteiger partial charge in [0.25, 0.3) is 0 Å². The van der Waals surface area contributed by atoms with Crippen LogP contribution in [-0.4, -0.2) is 18.1 Å². The summed E-state index contributed by atoms with van der Waals surface area (Å²) in [6, 6.07) is 20.1. The molecule has 176 valence electrons. The van der Waals surface area contributed by atoms with Crippen LogP contribution in [0.25, 0.3) is 22.6 Å². The number of nitrogens with zero attached hydrogens (tertiary/aromatic N) is 4. The zero-order chi connectivity index (χ0) is 24.0. The van der Waals surface area contributed by atoms with Crippen LogP contribution in [0.15, 0.2) is 71.9 Å². The van der Waals surface area contributed by atoms with Gasteiger partial charge in [-0.15, -0.1) is 0 Å². The third-order valence-corrected chi connectivity index (χ3v) is 6.47. The Morgan fingerprint density at radius 3 is 2.41 bits per heavy atom. The zero-order valence-corrected chi connectivity index (χ0v) is 20.2. The maximum atomic E-state index is 13.8. The number of aryl methyl sites for hydroxylation is 1. The second-order valence-corrected chi connectivity index (χ2v) is 8.51. The third-order valence-electron chi connectivity index (χ3n) is 4.85. The lowest BCUT2D eigenvalue weighted by molar-refractivity contribution is 0.678. The molecular weight excluding hydrogens is 466 g/mol. The molecule has 0 saturated carbocycles. The molecule has 0 saturated heterocycles. The maximum Gasteiger partial charge on any atom is 0.157 e. The van der Waals surface area contributed by atoms with Gasteiger partial charge in [-0.25, -0.2) is 14.2 Å². The van der Waals surface area contributed by atoms with Crippen molar-refractivity contribution in [1.82, 2.24) is 13.9 Å². The number of nitrogens with two attached hydrogens (primary N) is 1. The Labute approximate surface area is 208 Å². The lowest BCUT2D eigenvalue weighted by Gasteiger charge is -2.16. The summed E-state index contributed by atoms with van der Waals surface area (Å²) in [7, 11) is -1.65. The van der Waals surface area contributed by atoms with Gasteiger partial charge >= 0.3 is 0 Å². The van der Waals surface area contributed by atoms with E-state index in [0.29, 0.717) is 32.6 Å². The van der Waals surface area contributed by atoms with Gasteiger partial charge in [-0.05, 0) is 42.3 Å². The Hall–Kier alpha value is -3.47. The normalized spacial score (nSPS) is 10.9. The Kier molecular flexibility index (Phi) is 9.55. The minimum Gasteiger partial charge on any atom is -0.384 e. The second-order valence-electron chi connectivity index (χ2n) is 6.74. The first-order valence-electron chi connectivity index (χ1n) is 10.5. The highest BCUT2D eigenvalue weighted by atomic mass is 35.5. The summed E-state index contributed by atoms with van der Waals surface area (Å²) in [6.07, 6.45) is 2.06. The topological polar surface area (TPSA) is 97.6 Å². The summed E-state index contributed by atoms with van der Waals surface area (Å²) in [6.45, 7) is 6.02. The van der Waals surface area contributed by atoms with Crippen LogP contribution in [0.1, 0.15) is 39.3 Å². The fraction of sp³-hybridized carbons (Fsp3) is 0.192. The Morgan fingerprint density at radius 2 is 1.79 bits per heavy atom. The van der Waals surface area contributed by atoms with E-state index >= 15 is 0 Å². The first-order valence-corrected chi connectivity index (χ1v) is 12.0. The van der Waals surface area contributed by atoms with Crippen molar-refractivity contribution in [2.75, 3.05) is 5.73 Å². The van der Waals surface area contributed by atoms with Crippen molar-refractivity contribution >= 4 is 28.4 Å². The number of rotatable bonds is 5. The quantitative estimate of drug-likeness (QED) is 0.341. The minimum atomic E-state index is -1.65. The monoisotopic (exact) mass is 493 g/mol. The molecular formula is C26H28ClN5OS. The third kappa shape index (κ3) is 5.36. The second kappa shape index (κ2) is 12.1. The molecule has 1 unspecified atom stereocenters. The predicted octanol–water partition coefficient (Wildman–Crippen LogP) is 6.51. The lowest BCUT2D eigenvalue weighted by Crippen LogP contribution is -2.10. The van der Waals surface area contributed by atoms with E-state index in [-0.39, 0.29) is 13.2 Å². The van der Waals surface area contributed by atoms with Gasteiger partial charge in [0, 0.05) is 16.7 Å². The molecule has 0 fully saturated rings. The van der Waals surface area contributed by atoms with E-state index in [9.17, 15) is 9.47 Å².